The summed E-state index contributed by atoms with van der Waals surface area (Å²) < 4.78 is 26.7. The van der Waals surface area contributed by atoms with Gasteiger partial charge in [-0.1, -0.05) is 12.2 Å². The van der Waals surface area contributed by atoms with Crippen LogP contribution in [0, 0.1) is 11.6 Å². The van der Waals surface area contributed by atoms with Crippen LogP contribution in [0.15, 0.2) is 24.3 Å². The summed E-state index contributed by atoms with van der Waals surface area (Å²) in [4.78, 5) is 15.3. The lowest BCUT2D eigenvalue weighted by molar-refractivity contribution is 0.0441. The summed E-state index contributed by atoms with van der Waals surface area (Å²) in [5, 5.41) is 9.48. The molecule has 0 bridgehead atoms. The smallest absolute Gasteiger partial charge is 0.407 e. The van der Waals surface area contributed by atoms with Gasteiger partial charge in [-0.05, 0) is 51.8 Å². The van der Waals surface area contributed by atoms with Crippen molar-refractivity contribution in [2.75, 3.05) is 19.6 Å². The number of likely N-dealkylation sites (tertiary alicyclic amines) is 1. The summed E-state index contributed by atoms with van der Waals surface area (Å²) in [6.45, 7) is 7.91. The molecule has 1 amide bonds. The van der Waals surface area contributed by atoms with Gasteiger partial charge in [0.15, 0.2) is 0 Å². The van der Waals surface area contributed by atoms with Crippen molar-refractivity contribution >= 4 is 12.2 Å². The van der Waals surface area contributed by atoms with E-state index in [4.69, 9.17) is 0 Å². The average Bonchev–Trinajstić information content (AvgIpc) is 2.50. The van der Waals surface area contributed by atoms with E-state index < -0.39 is 23.3 Å². The van der Waals surface area contributed by atoms with Gasteiger partial charge in [0, 0.05) is 36.8 Å². The molecule has 0 aromatic heterocycles. The maximum Gasteiger partial charge on any atom is 0.407 e. The molecule has 1 fully saturated rings. The van der Waals surface area contributed by atoms with Crippen molar-refractivity contribution in [2.24, 2.45) is 0 Å². The van der Waals surface area contributed by atoms with Crippen LogP contribution in [0.25, 0.3) is 6.08 Å². The fourth-order valence-electron chi connectivity index (χ4n) is 3.32. The second-order valence-electron chi connectivity index (χ2n) is 7.42. The maximum absolute atomic E-state index is 13.6. The minimum Gasteiger partial charge on any atom is -0.465 e. The SMILES string of the molecule is CC(C)(C)N(C(=O)O)C1CCN(C/C=C/c2cc(F)ccc2F)CC1. The summed E-state index contributed by atoms with van der Waals surface area (Å²) in [6.07, 6.45) is 4.06. The molecule has 6 heteroatoms. The molecule has 1 aromatic carbocycles. The Hall–Kier alpha value is -1.95. The normalized spacial score (nSPS) is 17.2. The summed E-state index contributed by atoms with van der Waals surface area (Å²) in [7, 11) is 0. The lowest BCUT2D eigenvalue weighted by Crippen LogP contribution is -2.54. The van der Waals surface area contributed by atoms with Crippen molar-refractivity contribution < 1.29 is 18.7 Å². The Morgan fingerprint density at radius 2 is 1.96 bits per heavy atom. The van der Waals surface area contributed by atoms with Gasteiger partial charge in [-0.3, -0.25) is 4.90 Å². The highest BCUT2D eigenvalue weighted by atomic mass is 19.1. The van der Waals surface area contributed by atoms with Crippen LogP contribution in [0.1, 0.15) is 39.2 Å². The molecule has 4 nitrogen and oxygen atoms in total. The number of piperidine rings is 1. The monoisotopic (exact) mass is 352 g/mol. The number of halogens is 2. The first-order valence-corrected chi connectivity index (χ1v) is 8.54. The molecule has 1 aromatic rings. The van der Waals surface area contributed by atoms with Crippen molar-refractivity contribution in [3.8, 4) is 0 Å². The van der Waals surface area contributed by atoms with E-state index in [9.17, 15) is 18.7 Å². The van der Waals surface area contributed by atoms with Crippen LogP contribution < -0.4 is 0 Å². The molecule has 1 heterocycles. The van der Waals surface area contributed by atoms with Crippen LogP contribution in [0.3, 0.4) is 0 Å². The molecule has 0 spiro atoms. The molecular weight excluding hydrogens is 326 g/mol. The van der Waals surface area contributed by atoms with E-state index >= 15 is 0 Å². The van der Waals surface area contributed by atoms with Crippen molar-refractivity contribution in [1.82, 2.24) is 9.80 Å². The molecule has 2 rings (SSSR count). The number of amides is 1. The zero-order chi connectivity index (χ0) is 18.6. The minimum atomic E-state index is -0.882. The average molecular weight is 352 g/mol. The van der Waals surface area contributed by atoms with Crippen molar-refractivity contribution in [3.05, 3.63) is 41.5 Å². The third kappa shape index (κ3) is 5.26. The molecule has 1 N–H and O–H groups in total. The van der Waals surface area contributed by atoms with Crippen molar-refractivity contribution in [1.29, 1.82) is 0 Å². The van der Waals surface area contributed by atoms with E-state index in [1.807, 2.05) is 26.8 Å². The number of hydrogen-bond acceptors (Lipinski definition) is 2. The van der Waals surface area contributed by atoms with Gasteiger partial charge >= 0.3 is 6.09 Å². The zero-order valence-electron chi connectivity index (χ0n) is 15.0. The quantitative estimate of drug-likeness (QED) is 0.882. The first-order chi connectivity index (χ1) is 11.7. The highest BCUT2D eigenvalue weighted by molar-refractivity contribution is 5.66. The number of rotatable bonds is 4. The Kier molecular flexibility index (Phi) is 6.16. The van der Waals surface area contributed by atoms with E-state index in [-0.39, 0.29) is 11.6 Å². The van der Waals surface area contributed by atoms with E-state index in [0.29, 0.717) is 6.54 Å². The Labute approximate surface area is 147 Å². The van der Waals surface area contributed by atoms with Crippen LogP contribution in [0.2, 0.25) is 0 Å². The number of nitrogens with zero attached hydrogens (tertiary/aromatic N) is 2. The Morgan fingerprint density at radius 3 is 2.52 bits per heavy atom. The predicted molar refractivity (Wildman–Crippen MR) is 94.5 cm³/mol. The summed E-state index contributed by atoms with van der Waals surface area (Å²) in [6, 6.07) is 3.40. The highest BCUT2D eigenvalue weighted by Gasteiger charge is 2.34. The molecule has 0 aliphatic carbocycles. The molecule has 0 saturated carbocycles. The number of carbonyl (C=O) groups is 1. The predicted octanol–water partition coefficient (Wildman–Crippen LogP) is 4.22. The lowest BCUT2D eigenvalue weighted by atomic mass is 9.97. The van der Waals surface area contributed by atoms with E-state index in [2.05, 4.69) is 4.90 Å². The Morgan fingerprint density at radius 1 is 1.32 bits per heavy atom. The zero-order valence-corrected chi connectivity index (χ0v) is 15.0. The van der Waals surface area contributed by atoms with Crippen LogP contribution in [-0.4, -0.2) is 52.2 Å². The molecule has 1 saturated heterocycles. The third-order valence-electron chi connectivity index (χ3n) is 4.47. The largest absolute Gasteiger partial charge is 0.465 e. The van der Waals surface area contributed by atoms with Gasteiger partial charge in [-0.25, -0.2) is 13.6 Å². The fraction of sp³-hybridized carbons (Fsp3) is 0.526. The fourth-order valence-corrected chi connectivity index (χ4v) is 3.32. The van der Waals surface area contributed by atoms with Gasteiger partial charge in [-0.15, -0.1) is 0 Å². The summed E-state index contributed by atoms with van der Waals surface area (Å²) >= 11 is 0. The molecule has 0 unspecified atom stereocenters. The van der Waals surface area contributed by atoms with E-state index in [0.717, 1.165) is 38.1 Å². The van der Waals surface area contributed by atoms with Gasteiger partial charge in [0.25, 0.3) is 0 Å². The van der Waals surface area contributed by atoms with Crippen LogP contribution in [-0.2, 0) is 0 Å². The van der Waals surface area contributed by atoms with Crippen LogP contribution in [0.5, 0.6) is 0 Å². The number of carboxylic acid groups (broad SMARTS) is 1. The van der Waals surface area contributed by atoms with Gasteiger partial charge in [0.1, 0.15) is 11.6 Å². The molecule has 25 heavy (non-hydrogen) atoms. The third-order valence-corrected chi connectivity index (χ3v) is 4.47. The van der Waals surface area contributed by atoms with Crippen LogP contribution >= 0.6 is 0 Å². The van der Waals surface area contributed by atoms with Gasteiger partial charge in [0.2, 0.25) is 0 Å². The minimum absolute atomic E-state index is 0.0124. The number of benzene rings is 1. The standard InChI is InChI=1S/C19H26F2N2O2/c1-19(2,3)23(18(24)25)16-8-11-22(12-9-16)10-4-5-14-13-15(20)6-7-17(14)21/h4-7,13,16H,8-12H2,1-3H3,(H,24,25)/b5-4+. The van der Waals surface area contributed by atoms with E-state index in [1.54, 1.807) is 11.0 Å². The van der Waals surface area contributed by atoms with Crippen molar-refractivity contribution in [2.45, 2.75) is 45.2 Å². The molecule has 0 radical (unpaired) electrons. The Bertz CT molecular complexity index is 633. The Balaban J connectivity index is 1.89. The summed E-state index contributed by atoms with van der Waals surface area (Å²) in [5.41, 5.74) is -0.187. The molecule has 0 atom stereocenters. The van der Waals surface area contributed by atoms with Gasteiger partial charge in [0.05, 0.1) is 0 Å². The lowest BCUT2D eigenvalue weighted by Gasteiger charge is -2.43. The molecule has 138 valence electrons. The maximum atomic E-state index is 13.6. The molecule has 1 aliphatic rings. The topological polar surface area (TPSA) is 43.8 Å². The second kappa shape index (κ2) is 7.95. The van der Waals surface area contributed by atoms with E-state index in [1.165, 1.54) is 6.07 Å². The number of hydrogen-bond donors (Lipinski definition) is 1. The molecular formula is C19H26F2N2O2. The molecule has 1 aliphatic heterocycles. The van der Waals surface area contributed by atoms with Crippen LogP contribution in [0.4, 0.5) is 13.6 Å². The highest BCUT2D eigenvalue weighted by Crippen LogP contribution is 2.24. The van der Waals surface area contributed by atoms with Gasteiger partial charge in [-0.2, -0.15) is 0 Å². The first-order valence-electron chi connectivity index (χ1n) is 8.54. The second-order valence-corrected chi connectivity index (χ2v) is 7.42. The van der Waals surface area contributed by atoms with Crippen molar-refractivity contribution in [3.63, 3.8) is 0 Å². The summed E-state index contributed by atoms with van der Waals surface area (Å²) in [5.74, 6) is -0.906. The first kappa shape index (κ1) is 19.4. The van der Waals surface area contributed by atoms with Gasteiger partial charge < -0.3 is 10.0 Å².